The van der Waals surface area contributed by atoms with Crippen LogP contribution in [0, 0.1) is 0 Å². The number of nitrogens with zero attached hydrogens (tertiary/aromatic N) is 4. The first-order chi connectivity index (χ1) is 13.3. The van der Waals surface area contributed by atoms with Crippen LogP contribution in [0.3, 0.4) is 0 Å². The molecule has 6 heteroatoms. The van der Waals surface area contributed by atoms with E-state index < -0.39 is 0 Å². The molecular weight excluding hydrogens is 340 g/mol. The Morgan fingerprint density at radius 1 is 1.15 bits per heavy atom. The molecule has 1 fully saturated rings. The van der Waals surface area contributed by atoms with Crippen molar-refractivity contribution in [2.24, 2.45) is 0 Å². The molecule has 1 amide bonds. The fourth-order valence-corrected chi connectivity index (χ4v) is 4.35. The van der Waals surface area contributed by atoms with E-state index in [0.717, 1.165) is 61.9 Å². The Morgan fingerprint density at radius 2 is 2.04 bits per heavy atom. The Labute approximate surface area is 160 Å². The standard InChI is InChI=1S/C21H28N4O2/c1-27-18-10-5-4-8-16(18)14-20(26)24-12-7-9-17(15-24)21-23-22-19-11-3-2-6-13-25(19)21/h4-5,8,10,17H,2-3,6-7,9,11-15H2,1H3. The van der Waals surface area contributed by atoms with Crippen molar-refractivity contribution in [2.75, 3.05) is 20.2 Å². The highest BCUT2D eigenvalue weighted by molar-refractivity contribution is 5.79. The third-order valence-electron chi connectivity index (χ3n) is 5.81. The molecule has 2 aromatic rings. The highest BCUT2D eigenvalue weighted by atomic mass is 16.5. The van der Waals surface area contributed by atoms with Crippen LogP contribution < -0.4 is 4.74 Å². The average molecular weight is 368 g/mol. The van der Waals surface area contributed by atoms with Crippen molar-refractivity contribution in [2.45, 2.75) is 57.4 Å². The van der Waals surface area contributed by atoms with Crippen molar-refractivity contribution in [3.8, 4) is 5.75 Å². The largest absolute Gasteiger partial charge is 0.496 e. The number of amides is 1. The lowest BCUT2D eigenvalue weighted by molar-refractivity contribution is -0.131. The topological polar surface area (TPSA) is 60.2 Å². The number of fused-ring (bicyclic) bond motifs is 1. The predicted molar refractivity (Wildman–Crippen MR) is 103 cm³/mol. The van der Waals surface area contributed by atoms with Gasteiger partial charge in [0.25, 0.3) is 0 Å². The Kier molecular flexibility index (Phi) is 5.41. The number of methoxy groups -OCH3 is 1. The van der Waals surface area contributed by atoms with Gasteiger partial charge in [-0.2, -0.15) is 0 Å². The minimum atomic E-state index is 0.166. The maximum atomic E-state index is 12.9. The molecule has 0 saturated carbocycles. The van der Waals surface area contributed by atoms with E-state index >= 15 is 0 Å². The van der Waals surface area contributed by atoms with E-state index in [0.29, 0.717) is 12.3 Å². The molecule has 1 aromatic heterocycles. The van der Waals surface area contributed by atoms with Crippen molar-refractivity contribution in [3.05, 3.63) is 41.5 Å². The van der Waals surface area contributed by atoms with Gasteiger partial charge >= 0.3 is 0 Å². The van der Waals surface area contributed by atoms with Gasteiger partial charge in [-0.3, -0.25) is 4.79 Å². The lowest BCUT2D eigenvalue weighted by Crippen LogP contribution is -2.40. The molecule has 2 aliphatic heterocycles. The number of hydrogen-bond donors (Lipinski definition) is 0. The minimum Gasteiger partial charge on any atom is -0.496 e. The molecule has 1 atom stereocenters. The zero-order valence-corrected chi connectivity index (χ0v) is 16.1. The first-order valence-corrected chi connectivity index (χ1v) is 10.1. The Morgan fingerprint density at radius 3 is 2.93 bits per heavy atom. The molecule has 0 bridgehead atoms. The fraction of sp³-hybridized carbons (Fsp3) is 0.571. The van der Waals surface area contributed by atoms with Crippen molar-refractivity contribution in [3.63, 3.8) is 0 Å². The lowest BCUT2D eigenvalue weighted by Gasteiger charge is -2.32. The van der Waals surface area contributed by atoms with Crippen LogP contribution in [-0.4, -0.2) is 45.8 Å². The highest BCUT2D eigenvalue weighted by Gasteiger charge is 2.29. The molecule has 1 aromatic carbocycles. The second-order valence-electron chi connectivity index (χ2n) is 7.60. The molecule has 4 rings (SSSR count). The number of para-hydroxylation sites is 1. The van der Waals surface area contributed by atoms with Crippen LogP contribution in [0.1, 0.15) is 55.2 Å². The molecule has 0 aliphatic carbocycles. The molecule has 2 aliphatic rings. The molecule has 3 heterocycles. The number of piperidine rings is 1. The monoisotopic (exact) mass is 368 g/mol. The van der Waals surface area contributed by atoms with Gasteiger partial charge in [0.2, 0.25) is 5.91 Å². The first-order valence-electron chi connectivity index (χ1n) is 10.1. The molecule has 0 radical (unpaired) electrons. The van der Waals surface area contributed by atoms with Crippen LogP contribution in [-0.2, 0) is 24.2 Å². The summed E-state index contributed by atoms with van der Waals surface area (Å²) in [5.41, 5.74) is 0.948. The first kappa shape index (κ1) is 18.0. The molecular formula is C21H28N4O2. The number of hydrogen-bond acceptors (Lipinski definition) is 4. The summed E-state index contributed by atoms with van der Waals surface area (Å²) in [6, 6.07) is 7.76. The van der Waals surface area contributed by atoms with Crippen LogP contribution in [0.15, 0.2) is 24.3 Å². The van der Waals surface area contributed by atoms with Gasteiger partial charge in [-0.25, -0.2) is 0 Å². The number of aromatic nitrogens is 3. The maximum absolute atomic E-state index is 12.9. The summed E-state index contributed by atoms with van der Waals surface area (Å²) < 4.78 is 7.72. The van der Waals surface area contributed by atoms with Crippen molar-refractivity contribution >= 4 is 5.91 Å². The second-order valence-corrected chi connectivity index (χ2v) is 7.60. The molecule has 27 heavy (non-hydrogen) atoms. The van der Waals surface area contributed by atoms with Crippen molar-refractivity contribution < 1.29 is 9.53 Å². The van der Waals surface area contributed by atoms with E-state index in [1.165, 1.54) is 19.3 Å². The van der Waals surface area contributed by atoms with Crippen molar-refractivity contribution in [1.82, 2.24) is 19.7 Å². The smallest absolute Gasteiger partial charge is 0.227 e. The van der Waals surface area contributed by atoms with Gasteiger partial charge in [0, 0.05) is 37.5 Å². The molecule has 1 unspecified atom stereocenters. The van der Waals surface area contributed by atoms with Gasteiger partial charge in [-0.15, -0.1) is 10.2 Å². The van der Waals surface area contributed by atoms with E-state index in [-0.39, 0.29) is 5.91 Å². The minimum absolute atomic E-state index is 0.166. The van der Waals surface area contributed by atoms with E-state index in [4.69, 9.17) is 4.74 Å². The van der Waals surface area contributed by atoms with Gasteiger partial charge in [0.1, 0.15) is 17.4 Å². The van der Waals surface area contributed by atoms with Gasteiger partial charge < -0.3 is 14.2 Å². The Balaban J connectivity index is 1.47. The summed E-state index contributed by atoms with van der Waals surface area (Å²) in [7, 11) is 1.65. The second kappa shape index (κ2) is 8.11. The molecule has 1 saturated heterocycles. The van der Waals surface area contributed by atoms with E-state index in [1.807, 2.05) is 29.2 Å². The molecule has 6 nitrogen and oxygen atoms in total. The fourth-order valence-electron chi connectivity index (χ4n) is 4.35. The molecule has 144 valence electrons. The van der Waals surface area contributed by atoms with Gasteiger partial charge in [0.05, 0.1) is 13.5 Å². The van der Waals surface area contributed by atoms with Gasteiger partial charge in [-0.1, -0.05) is 24.6 Å². The maximum Gasteiger partial charge on any atom is 0.227 e. The van der Waals surface area contributed by atoms with Crippen LogP contribution in [0.5, 0.6) is 5.75 Å². The summed E-state index contributed by atoms with van der Waals surface area (Å²) in [5.74, 6) is 3.45. The van der Waals surface area contributed by atoms with Gasteiger partial charge in [0.15, 0.2) is 0 Å². The van der Waals surface area contributed by atoms with Crippen LogP contribution in [0.2, 0.25) is 0 Å². The highest BCUT2D eigenvalue weighted by Crippen LogP contribution is 2.29. The number of ether oxygens (including phenoxy) is 1. The van der Waals surface area contributed by atoms with Gasteiger partial charge in [-0.05, 0) is 31.7 Å². The number of rotatable bonds is 4. The number of aryl methyl sites for hydroxylation is 1. The van der Waals surface area contributed by atoms with Crippen LogP contribution >= 0.6 is 0 Å². The lowest BCUT2D eigenvalue weighted by atomic mass is 9.96. The van der Waals surface area contributed by atoms with Crippen molar-refractivity contribution in [1.29, 1.82) is 0 Å². The normalized spacial score (nSPS) is 20.0. The summed E-state index contributed by atoms with van der Waals surface area (Å²) in [6.45, 7) is 2.58. The molecule has 0 N–H and O–H groups in total. The Bertz CT molecular complexity index is 801. The SMILES string of the molecule is COc1ccccc1CC(=O)N1CCCC(c2nnc3n2CCCCC3)C1. The summed E-state index contributed by atoms with van der Waals surface area (Å²) in [6.07, 6.45) is 7.16. The van der Waals surface area contributed by atoms with Crippen LogP contribution in [0.25, 0.3) is 0 Å². The zero-order chi connectivity index (χ0) is 18.6. The number of carbonyl (C=O) groups is 1. The third kappa shape index (κ3) is 3.84. The predicted octanol–water partition coefficient (Wildman–Crippen LogP) is 2.96. The summed E-state index contributed by atoms with van der Waals surface area (Å²) in [4.78, 5) is 14.9. The number of likely N-dealkylation sites (tertiary alicyclic amines) is 1. The number of carbonyl (C=O) groups excluding carboxylic acids is 1. The number of benzene rings is 1. The summed E-state index contributed by atoms with van der Waals surface area (Å²) in [5, 5.41) is 8.97. The molecule has 0 spiro atoms. The van der Waals surface area contributed by atoms with E-state index in [2.05, 4.69) is 14.8 Å². The van der Waals surface area contributed by atoms with Crippen LogP contribution in [0.4, 0.5) is 0 Å². The van der Waals surface area contributed by atoms with E-state index in [9.17, 15) is 4.79 Å². The third-order valence-corrected chi connectivity index (χ3v) is 5.81. The zero-order valence-electron chi connectivity index (χ0n) is 16.1. The average Bonchev–Trinajstić information content (AvgIpc) is 2.97. The van der Waals surface area contributed by atoms with E-state index in [1.54, 1.807) is 7.11 Å². The quantitative estimate of drug-likeness (QED) is 0.832. The Hall–Kier alpha value is -2.37. The summed E-state index contributed by atoms with van der Waals surface area (Å²) >= 11 is 0.